The summed E-state index contributed by atoms with van der Waals surface area (Å²) in [7, 11) is 0. The molecule has 1 atom stereocenters. The highest BCUT2D eigenvalue weighted by atomic mass is 16.5. The van der Waals surface area contributed by atoms with E-state index in [1.54, 1.807) is 0 Å². The lowest BCUT2D eigenvalue weighted by Gasteiger charge is -2.47. The molecule has 1 spiro atoms. The highest BCUT2D eigenvalue weighted by Crippen LogP contribution is 2.46. The molecular weight excluding hydrogens is 352 g/mol. The first-order valence-corrected chi connectivity index (χ1v) is 10.8. The van der Waals surface area contributed by atoms with E-state index in [4.69, 9.17) is 4.74 Å². The van der Waals surface area contributed by atoms with E-state index in [-0.39, 0.29) is 23.5 Å². The number of ether oxygens (including phenoxy) is 1. The summed E-state index contributed by atoms with van der Waals surface area (Å²) < 4.78 is 6.51. The van der Waals surface area contributed by atoms with E-state index in [9.17, 15) is 9.59 Å². The maximum atomic E-state index is 12.5. The van der Waals surface area contributed by atoms with Gasteiger partial charge in [0.05, 0.1) is 0 Å². The van der Waals surface area contributed by atoms with Gasteiger partial charge in [0, 0.05) is 50.7 Å². The largest absolute Gasteiger partial charge is 0.487 e. The third kappa shape index (κ3) is 4.34. The molecule has 1 unspecified atom stereocenters. The number of nitrogens with one attached hydrogen (secondary N) is 1. The van der Waals surface area contributed by atoms with E-state index >= 15 is 0 Å². The normalized spacial score (nSPS) is 23.2. The Balaban J connectivity index is 1.45. The van der Waals surface area contributed by atoms with Crippen LogP contribution in [0.1, 0.15) is 70.3 Å². The Labute approximate surface area is 167 Å². The van der Waals surface area contributed by atoms with E-state index < -0.39 is 0 Å². The second-order valence-corrected chi connectivity index (χ2v) is 9.18. The fourth-order valence-electron chi connectivity index (χ4n) is 4.70. The molecule has 3 aliphatic rings. The number of rotatable bonds is 5. The van der Waals surface area contributed by atoms with Crippen LogP contribution < -0.4 is 10.1 Å². The smallest absolute Gasteiger partial charge is 0.222 e. The summed E-state index contributed by atoms with van der Waals surface area (Å²) in [6.07, 6.45) is 6.17. The van der Waals surface area contributed by atoms with Crippen molar-refractivity contribution < 1.29 is 14.3 Å². The van der Waals surface area contributed by atoms with Crippen molar-refractivity contribution in [3.63, 3.8) is 0 Å². The highest BCUT2D eigenvalue weighted by Gasteiger charge is 2.44. The van der Waals surface area contributed by atoms with Gasteiger partial charge in [-0.05, 0) is 50.7 Å². The zero-order chi connectivity index (χ0) is 19.7. The number of likely N-dealkylation sites (tertiary alicyclic amines) is 1. The summed E-state index contributed by atoms with van der Waals surface area (Å²) in [4.78, 5) is 26.9. The number of nitrogens with zero attached hydrogens (tertiary/aromatic N) is 1. The van der Waals surface area contributed by atoms with E-state index in [1.807, 2.05) is 36.9 Å². The quantitative estimate of drug-likeness (QED) is 0.843. The Morgan fingerprint density at radius 3 is 2.57 bits per heavy atom. The first-order chi connectivity index (χ1) is 13.4. The number of benzene rings is 1. The minimum atomic E-state index is -0.256. The molecule has 5 nitrogen and oxygen atoms in total. The highest BCUT2D eigenvalue weighted by molar-refractivity contribution is 5.77. The summed E-state index contributed by atoms with van der Waals surface area (Å²) in [5.74, 6) is 2.11. The average molecular weight is 385 g/mol. The summed E-state index contributed by atoms with van der Waals surface area (Å²) >= 11 is 0. The summed E-state index contributed by atoms with van der Waals surface area (Å²) in [5.41, 5.74) is 0.882. The van der Waals surface area contributed by atoms with Crippen LogP contribution in [-0.4, -0.2) is 41.4 Å². The third-order valence-corrected chi connectivity index (χ3v) is 6.37. The Morgan fingerprint density at radius 1 is 1.18 bits per heavy atom. The van der Waals surface area contributed by atoms with Crippen molar-refractivity contribution in [2.75, 3.05) is 13.1 Å². The van der Waals surface area contributed by atoms with Crippen LogP contribution in [0, 0.1) is 5.92 Å². The number of carbonyl (C=O) groups excluding carboxylic acids is 2. The van der Waals surface area contributed by atoms with Gasteiger partial charge >= 0.3 is 0 Å². The molecule has 1 aromatic carbocycles. The summed E-state index contributed by atoms with van der Waals surface area (Å²) in [6, 6.07) is 8.28. The molecule has 2 fully saturated rings. The molecule has 1 saturated heterocycles. The maximum Gasteiger partial charge on any atom is 0.222 e. The van der Waals surface area contributed by atoms with Gasteiger partial charge in [0.2, 0.25) is 11.8 Å². The molecule has 2 heterocycles. The Kier molecular flexibility index (Phi) is 5.35. The van der Waals surface area contributed by atoms with Crippen molar-refractivity contribution >= 4 is 11.8 Å². The first kappa shape index (κ1) is 19.3. The summed E-state index contributed by atoms with van der Waals surface area (Å²) in [5, 5.41) is 3.03. The lowest BCUT2D eigenvalue weighted by atomic mass is 9.76. The van der Waals surface area contributed by atoms with Crippen LogP contribution >= 0.6 is 0 Å². The van der Waals surface area contributed by atoms with Gasteiger partial charge in [-0.15, -0.1) is 0 Å². The lowest BCUT2D eigenvalue weighted by Crippen LogP contribution is -2.52. The fraction of sp³-hybridized carbons (Fsp3) is 0.652. The molecule has 0 radical (unpaired) electrons. The van der Waals surface area contributed by atoms with Crippen LogP contribution in [-0.2, 0) is 9.59 Å². The molecule has 1 saturated carbocycles. The number of fused-ring (bicyclic) bond motifs is 1. The molecule has 4 rings (SSSR count). The van der Waals surface area contributed by atoms with Gasteiger partial charge in [0.15, 0.2) is 0 Å². The molecule has 0 bridgehead atoms. The zero-order valence-corrected chi connectivity index (χ0v) is 17.1. The van der Waals surface area contributed by atoms with E-state index in [2.05, 4.69) is 11.4 Å². The van der Waals surface area contributed by atoms with Crippen LogP contribution in [0.25, 0.3) is 0 Å². The Bertz CT molecular complexity index is 733. The molecule has 2 amide bonds. The molecule has 5 heteroatoms. The van der Waals surface area contributed by atoms with Gasteiger partial charge in [-0.25, -0.2) is 0 Å². The predicted octanol–water partition coefficient (Wildman–Crippen LogP) is 3.63. The van der Waals surface area contributed by atoms with Gasteiger partial charge in [0.25, 0.3) is 0 Å². The van der Waals surface area contributed by atoms with Crippen molar-refractivity contribution in [1.82, 2.24) is 10.2 Å². The predicted molar refractivity (Wildman–Crippen MR) is 108 cm³/mol. The molecule has 152 valence electrons. The minimum Gasteiger partial charge on any atom is -0.487 e. The van der Waals surface area contributed by atoms with Gasteiger partial charge in [-0.1, -0.05) is 18.2 Å². The zero-order valence-electron chi connectivity index (χ0n) is 17.1. The molecule has 2 aliphatic heterocycles. The van der Waals surface area contributed by atoms with Crippen LogP contribution in [0.4, 0.5) is 0 Å². The monoisotopic (exact) mass is 384 g/mol. The van der Waals surface area contributed by atoms with Gasteiger partial charge in [-0.2, -0.15) is 0 Å². The number of carbonyl (C=O) groups is 2. The molecule has 1 aromatic rings. The summed E-state index contributed by atoms with van der Waals surface area (Å²) in [6.45, 7) is 5.51. The number of piperidine rings is 1. The van der Waals surface area contributed by atoms with Crippen molar-refractivity contribution in [3.8, 4) is 5.75 Å². The van der Waals surface area contributed by atoms with Crippen LogP contribution in [0.5, 0.6) is 5.75 Å². The maximum absolute atomic E-state index is 12.5. The number of hydrogen-bond donors (Lipinski definition) is 1. The lowest BCUT2D eigenvalue weighted by molar-refractivity contribution is -0.135. The van der Waals surface area contributed by atoms with E-state index in [0.29, 0.717) is 24.7 Å². The average Bonchev–Trinajstić information content (AvgIpc) is 3.45. The molecule has 0 aromatic heterocycles. The van der Waals surface area contributed by atoms with Crippen molar-refractivity contribution in [1.29, 1.82) is 0 Å². The Morgan fingerprint density at radius 2 is 1.89 bits per heavy atom. The van der Waals surface area contributed by atoms with E-state index in [0.717, 1.165) is 43.7 Å². The second kappa shape index (κ2) is 7.76. The molecule has 28 heavy (non-hydrogen) atoms. The Hall–Kier alpha value is -2.04. The topological polar surface area (TPSA) is 58.6 Å². The van der Waals surface area contributed by atoms with Crippen molar-refractivity contribution in [2.24, 2.45) is 5.92 Å². The fourth-order valence-corrected chi connectivity index (χ4v) is 4.70. The second-order valence-electron chi connectivity index (χ2n) is 9.18. The molecule has 1 aliphatic carbocycles. The molecular formula is C23H32N2O3. The minimum absolute atomic E-state index is 0.101. The molecule has 1 N–H and O–H groups in total. The SMILES string of the molecule is CC(C)NC(=O)CC1CC2(CCN(C(=O)CC3CC3)CC2)Oc2ccccc21. The van der Waals surface area contributed by atoms with Crippen molar-refractivity contribution in [2.45, 2.75) is 76.4 Å². The van der Waals surface area contributed by atoms with Crippen molar-refractivity contribution in [3.05, 3.63) is 29.8 Å². The van der Waals surface area contributed by atoms with Gasteiger partial charge in [-0.3, -0.25) is 9.59 Å². The van der Waals surface area contributed by atoms with Crippen LogP contribution in [0.15, 0.2) is 24.3 Å². The van der Waals surface area contributed by atoms with Gasteiger partial charge in [0.1, 0.15) is 11.4 Å². The first-order valence-electron chi connectivity index (χ1n) is 10.8. The van der Waals surface area contributed by atoms with Gasteiger partial charge < -0.3 is 15.0 Å². The van der Waals surface area contributed by atoms with Crippen LogP contribution in [0.3, 0.4) is 0 Å². The number of para-hydroxylation sites is 1. The standard InChI is InChI=1S/C23H32N2O3/c1-16(2)24-21(26)14-18-15-23(28-20-6-4-3-5-19(18)20)9-11-25(12-10-23)22(27)13-17-7-8-17/h3-6,16-18H,7-15H2,1-2H3,(H,24,26). The van der Waals surface area contributed by atoms with Crippen LogP contribution in [0.2, 0.25) is 0 Å². The number of hydrogen-bond acceptors (Lipinski definition) is 3. The number of amides is 2. The third-order valence-electron chi connectivity index (χ3n) is 6.37. The van der Waals surface area contributed by atoms with E-state index in [1.165, 1.54) is 12.8 Å².